The van der Waals surface area contributed by atoms with Gasteiger partial charge in [-0.2, -0.15) is 5.10 Å². The maximum Gasteiger partial charge on any atom is 0.309 e. The molecule has 0 bridgehead atoms. The Balaban J connectivity index is 1.13. The van der Waals surface area contributed by atoms with Gasteiger partial charge in [0.2, 0.25) is 5.91 Å². The zero-order chi connectivity index (χ0) is 43.6. The number of fused-ring (bicyclic) bond motifs is 7. The topological polar surface area (TPSA) is 168 Å². The number of carboxylic acids is 1. The fourth-order valence-electron chi connectivity index (χ4n) is 14.4. The van der Waals surface area contributed by atoms with Crippen molar-refractivity contribution in [1.29, 1.82) is 0 Å². The average Bonchev–Trinajstić information content (AvgIpc) is 3.72. The van der Waals surface area contributed by atoms with Crippen molar-refractivity contribution in [3.05, 3.63) is 28.6 Å². The van der Waals surface area contributed by atoms with Gasteiger partial charge in [-0.3, -0.25) is 29.1 Å². The number of Topliss-reactive ketones (excluding diaryl/α,β-unsaturated/α-hetero) is 1. The molecule has 5 saturated carbocycles. The summed E-state index contributed by atoms with van der Waals surface area (Å²) < 4.78 is 6.41. The van der Waals surface area contributed by atoms with Crippen LogP contribution in [0.25, 0.3) is 0 Å². The van der Waals surface area contributed by atoms with Gasteiger partial charge in [0.05, 0.1) is 17.4 Å². The molecule has 326 valence electrons. The monoisotopic (exact) mass is 817 g/mol. The van der Waals surface area contributed by atoms with E-state index in [0.717, 1.165) is 61.8 Å². The maximum atomic E-state index is 14.4. The second-order valence-corrected chi connectivity index (χ2v) is 23.0. The molecular formula is C48H72N4O7. The largest absolute Gasteiger partial charge is 0.481 e. The third-order valence-electron chi connectivity index (χ3n) is 18.3. The molecule has 6 aliphatic rings. The summed E-state index contributed by atoms with van der Waals surface area (Å²) >= 11 is 0. The summed E-state index contributed by atoms with van der Waals surface area (Å²) in [4.78, 5) is 67.4. The van der Waals surface area contributed by atoms with E-state index in [1.165, 1.54) is 0 Å². The average molecular weight is 817 g/mol. The molecule has 5 fully saturated rings. The Morgan fingerprint density at radius 1 is 0.847 bits per heavy atom. The van der Waals surface area contributed by atoms with Crippen LogP contribution in [0.2, 0.25) is 0 Å². The summed E-state index contributed by atoms with van der Waals surface area (Å²) in [5.41, 5.74) is 0.0496. The Morgan fingerprint density at radius 3 is 2.12 bits per heavy atom. The first-order chi connectivity index (χ1) is 27.2. The number of allylic oxidation sites excluding steroid dienone is 1. The van der Waals surface area contributed by atoms with Crippen molar-refractivity contribution in [3.8, 4) is 0 Å². The molecule has 1 unspecified atom stereocenters. The van der Waals surface area contributed by atoms with E-state index in [0.29, 0.717) is 24.7 Å². The van der Waals surface area contributed by atoms with Crippen molar-refractivity contribution in [1.82, 2.24) is 20.8 Å². The lowest BCUT2D eigenvalue weighted by Gasteiger charge is -2.72. The number of aromatic amines is 1. The van der Waals surface area contributed by atoms with E-state index in [-0.39, 0.29) is 75.3 Å². The van der Waals surface area contributed by atoms with Crippen molar-refractivity contribution in [2.75, 3.05) is 0 Å². The van der Waals surface area contributed by atoms with Crippen LogP contribution in [-0.2, 0) is 23.9 Å². The zero-order valence-corrected chi connectivity index (χ0v) is 38.1. The van der Waals surface area contributed by atoms with Crippen molar-refractivity contribution in [2.45, 2.75) is 177 Å². The molecule has 1 aromatic rings. The van der Waals surface area contributed by atoms with E-state index < -0.39 is 40.2 Å². The first-order valence-electron chi connectivity index (χ1n) is 22.6. The SMILES string of the molecule is CC(C)C1=C2[C@H]3CC[C@@H]4[C@@]5(C)CC[C@H](OC(=O)C6C[C@@H](C(=O)O)C6(C)C)C(C)(C)[C@@H]5CC[C@@]4(C)[C@]3(C)CC[C@@]2(NC(=O)C(C)(C)NC(=O)c2cc(C(C)C)[nH]n2)CC1=O. The summed E-state index contributed by atoms with van der Waals surface area (Å²) in [5, 5.41) is 23.2. The highest BCUT2D eigenvalue weighted by molar-refractivity contribution is 6.03. The Bertz CT molecular complexity index is 1970. The minimum Gasteiger partial charge on any atom is -0.481 e. The van der Waals surface area contributed by atoms with Gasteiger partial charge in [0.25, 0.3) is 5.91 Å². The molecule has 7 rings (SSSR count). The van der Waals surface area contributed by atoms with Crippen molar-refractivity contribution in [3.63, 3.8) is 0 Å². The zero-order valence-electron chi connectivity index (χ0n) is 38.1. The number of nitrogens with one attached hydrogen (secondary N) is 3. The number of H-pyrrole nitrogens is 1. The standard InChI is InChI=1S/C48H72N4O7/c1-25(2)30-23-31(52-51-30)38(54)49-44(9,10)41(58)50-48-21-20-46(12)27(37(48)36(26(3)4)32(53)24-48)14-15-34-45(11)18-17-35(43(7,8)33(45)16-19-47(34,46)13)59-40(57)29-22-28(39(55)56)42(29,5)6/h23,25-29,33-35H,14-22,24H2,1-13H3,(H,49,54)(H,50,58)(H,51,52)(H,55,56)/t27-,28+,29?,33+,34-,35+,45+,46-,47-,48-/m1/s1. The van der Waals surface area contributed by atoms with Crippen LogP contribution in [-0.4, -0.2) is 62.0 Å². The molecule has 0 spiro atoms. The van der Waals surface area contributed by atoms with Gasteiger partial charge < -0.3 is 20.5 Å². The number of ether oxygens (including phenoxy) is 1. The number of hydrogen-bond acceptors (Lipinski definition) is 7. The van der Waals surface area contributed by atoms with E-state index in [1.807, 2.05) is 27.7 Å². The second-order valence-electron chi connectivity index (χ2n) is 23.0. The minimum absolute atomic E-state index is 0.0132. The van der Waals surface area contributed by atoms with Gasteiger partial charge in [0, 0.05) is 17.5 Å². The van der Waals surface area contributed by atoms with E-state index in [9.17, 15) is 29.1 Å². The number of esters is 1. The first kappa shape index (κ1) is 43.6. The molecule has 0 aliphatic heterocycles. The number of nitrogens with zero attached hydrogens (tertiary/aromatic N) is 1. The molecule has 6 aliphatic carbocycles. The fraction of sp³-hybridized carbons (Fsp3) is 0.792. The lowest BCUT2D eigenvalue weighted by Crippen LogP contribution is -2.68. The van der Waals surface area contributed by atoms with Crippen molar-refractivity contribution >= 4 is 29.5 Å². The van der Waals surface area contributed by atoms with Crippen LogP contribution in [0.5, 0.6) is 0 Å². The third kappa shape index (κ3) is 6.38. The van der Waals surface area contributed by atoms with Crippen LogP contribution in [0.4, 0.5) is 0 Å². The van der Waals surface area contributed by atoms with Crippen molar-refractivity contribution < 1.29 is 33.8 Å². The van der Waals surface area contributed by atoms with Crippen LogP contribution in [0.1, 0.15) is 176 Å². The summed E-state index contributed by atoms with van der Waals surface area (Å²) in [5.74, 6) is -1.54. The van der Waals surface area contributed by atoms with Crippen LogP contribution < -0.4 is 10.6 Å². The highest BCUT2D eigenvalue weighted by Gasteiger charge is 2.71. The molecule has 59 heavy (non-hydrogen) atoms. The quantitative estimate of drug-likeness (QED) is 0.180. The lowest BCUT2D eigenvalue weighted by molar-refractivity contribution is -0.235. The number of hydrogen-bond donors (Lipinski definition) is 4. The highest BCUT2D eigenvalue weighted by Crippen LogP contribution is 2.76. The summed E-state index contributed by atoms with van der Waals surface area (Å²) in [7, 11) is 0. The Morgan fingerprint density at radius 2 is 1.53 bits per heavy atom. The number of carbonyl (C=O) groups excluding carboxylic acids is 4. The fourth-order valence-corrected chi connectivity index (χ4v) is 14.4. The Kier molecular flexibility index (Phi) is 10.4. The van der Waals surface area contributed by atoms with E-state index in [1.54, 1.807) is 19.9 Å². The summed E-state index contributed by atoms with van der Waals surface area (Å²) in [6, 6.07) is 1.72. The van der Waals surface area contributed by atoms with Gasteiger partial charge in [0.1, 0.15) is 17.3 Å². The number of carboxylic acid groups (broad SMARTS) is 1. The molecule has 0 radical (unpaired) electrons. The third-order valence-corrected chi connectivity index (χ3v) is 18.3. The first-order valence-corrected chi connectivity index (χ1v) is 22.6. The number of rotatable bonds is 9. The van der Waals surface area contributed by atoms with Gasteiger partial charge in [0.15, 0.2) is 5.78 Å². The number of aromatic nitrogens is 2. The Labute approximate surface area is 351 Å². The number of ketones is 1. The molecule has 1 aromatic heterocycles. The van der Waals surface area contributed by atoms with Gasteiger partial charge in [-0.05, 0) is 140 Å². The minimum atomic E-state index is -1.26. The molecule has 11 heteroatoms. The van der Waals surface area contributed by atoms with Gasteiger partial charge >= 0.3 is 11.9 Å². The number of amides is 2. The van der Waals surface area contributed by atoms with Gasteiger partial charge in [-0.25, -0.2) is 0 Å². The van der Waals surface area contributed by atoms with Gasteiger partial charge in [-0.15, -0.1) is 0 Å². The molecule has 0 aromatic carbocycles. The lowest BCUT2D eigenvalue weighted by atomic mass is 9.33. The molecule has 10 atom stereocenters. The van der Waals surface area contributed by atoms with Crippen LogP contribution >= 0.6 is 0 Å². The molecular weight excluding hydrogens is 745 g/mol. The van der Waals surface area contributed by atoms with E-state index >= 15 is 0 Å². The number of carbonyl (C=O) groups is 5. The molecule has 0 saturated heterocycles. The predicted molar refractivity (Wildman–Crippen MR) is 225 cm³/mol. The normalized spacial score (nSPS) is 38.4. The molecule has 11 nitrogen and oxygen atoms in total. The van der Waals surface area contributed by atoms with Crippen molar-refractivity contribution in [2.24, 2.45) is 62.6 Å². The van der Waals surface area contributed by atoms with Gasteiger partial charge in [-0.1, -0.05) is 76.2 Å². The Hall–Kier alpha value is -3.50. The second kappa shape index (κ2) is 14.0. The molecule has 1 heterocycles. The highest BCUT2D eigenvalue weighted by atomic mass is 16.5. The maximum absolute atomic E-state index is 14.4. The van der Waals surface area contributed by atoms with E-state index in [2.05, 4.69) is 69.3 Å². The molecule has 2 amide bonds. The summed E-state index contributed by atoms with van der Waals surface area (Å²) in [6.07, 6.45) is 7.65. The summed E-state index contributed by atoms with van der Waals surface area (Å²) in [6.45, 7) is 27.5. The van der Waals surface area contributed by atoms with Crippen LogP contribution in [0.3, 0.4) is 0 Å². The van der Waals surface area contributed by atoms with Crippen LogP contribution in [0.15, 0.2) is 17.2 Å². The molecule has 4 N–H and O–H groups in total. The number of aliphatic carboxylic acids is 1. The van der Waals surface area contributed by atoms with Crippen LogP contribution in [0, 0.1) is 62.6 Å². The predicted octanol–water partition coefficient (Wildman–Crippen LogP) is 8.55. The smallest absolute Gasteiger partial charge is 0.309 e. The van der Waals surface area contributed by atoms with E-state index in [4.69, 9.17) is 4.74 Å².